The Labute approximate surface area is 217 Å². The zero-order chi connectivity index (χ0) is 27.4. The van der Waals surface area contributed by atoms with Gasteiger partial charge in [-0.3, -0.25) is 0 Å². The molecule has 0 amide bonds. The van der Waals surface area contributed by atoms with Crippen LogP contribution in [0.1, 0.15) is 56.1 Å². The van der Waals surface area contributed by atoms with Gasteiger partial charge in [-0.05, 0) is 86.8 Å². The van der Waals surface area contributed by atoms with Gasteiger partial charge in [0.15, 0.2) is 23.2 Å². The van der Waals surface area contributed by atoms with E-state index < -0.39 is 51.8 Å². The number of methoxy groups -OCH3 is 1. The van der Waals surface area contributed by atoms with Gasteiger partial charge < -0.3 is 9.47 Å². The van der Waals surface area contributed by atoms with Gasteiger partial charge in [0, 0.05) is 11.1 Å². The lowest BCUT2D eigenvalue weighted by Gasteiger charge is -2.28. The maximum atomic E-state index is 14.9. The van der Waals surface area contributed by atoms with Gasteiger partial charge in [-0.1, -0.05) is 30.4 Å². The first-order chi connectivity index (χ1) is 18.2. The molecule has 1 aliphatic carbocycles. The second-order valence-corrected chi connectivity index (χ2v) is 9.44. The van der Waals surface area contributed by atoms with Crippen molar-refractivity contribution in [2.45, 2.75) is 51.1 Å². The van der Waals surface area contributed by atoms with Crippen LogP contribution in [0.2, 0.25) is 0 Å². The number of benzene rings is 3. The summed E-state index contributed by atoms with van der Waals surface area (Å²) in [6.07, 6.45) is 5.28. The highest BCUT2D eigenvalue weighted by atomic mass is 19.3. The number of ether oxygens (including phenoxy) is 2. The van der Waals surface area contributed by atoms with E-state index in [0.717, 1.165) is 63.0 Å². The average molecular weight is 535 g/mol. The van der Waals surface area contributed by atoms with E-state index in [1.165, 1.54) is 12.1 Å². The van der Waals surface area contributed by atoms with Gasteiger partial charge in [0.1, 0.15) is 11.3 Å². The van der Waals surface area contributed by atoms with Gasteiger partial charge in [0.25, 0.3) is 0 Å². The van der Waals surface area contributed by atoms with Crippen LogP contribution in [0.5, 0.6) is 11.5 Å². The highest BCUT2D eigenvalue weighted by Gasteiger charge is 2.39. The zero-order valence-electron chi connectivity index (χ0n) is 21.0. The summed E-state index contributed by atoms with van der Waals surface area (Å²) in [5, 5.41) is 0. The highest BCUT2D eigenvalue weighted by molar-refractivity contribution is 5.66. The Morgan fingerprint density at radius 3 is 2.00 bits per heavy atom. The fourth-order valence-corrected chi connectivity index (χ4v) is 4.95. The molecule has 0 aliphatic heterocycles. The van der Waals surface area contributed by atoms with Gasteiger partial charge in [-0.25, -0.2) is 13.2 Å². The van der Waals surface area contributed by atoms with Crippen molar-refractivity contribution in [3.05, 3.63) is 95.1 Å². The predicted molar refractivity (Wildman–Crippen MR) is 133 cm³/mol. The highest BCUT2D eigenvalue weighted by Crippen LogP contribution is 2.40. The minimum atomic E-state index is -4.22. The normalized spacial score (nSPS) is 18.1. The van der Waals surface area contributed by atoms with Crippen LogP contribution >= 0.6 is 0 Å². The molecule has 0 saturated heterocycles. The van der Waals surface area contributed by atoms with Gasteiger partial charge in [0.2, 0.25) is 5.82 Å². The summed E-state index contributed by atoms with van der Waals surface area (Å²) in [4.78, 5) is 0. The number of hydrogen-bond acceptors (Lipinski definition) is 2. The van der Waals surface area contributed by atoms with Crippen LogP contribution in [0.3, 0.4) is 0 Å². The van der Waals surface area contributed by atoms with Crippen molar-refractivity contribution in [1.82, 2.24) is 0 Å². The third kappa shape index (κ3) is 5.69. The van der Waals surface area contributed by atoms with E-state index in [9.17, 15) is 26.3 Å². The number of alkyl halides is 2. The molecule has 0 aromatic heterocycles. The molecule has 0 bridgehead atoms. The van der Waals surface area contributed by atoms with Crippen molar-refractivity contribution in [2.75, 3.05) is 7.11 Å². The smallest absolute Gasteiger partial charge is 0.429 e. The minimum Gasteiger partial charge on any atom is -0.494 e. The quantitative estimate of drug-likeness (QED) is 0.212. The van der Waals surface area contributed by atoms with E-state index in [1.54, 1.807) is 12.1 Å². The first-order valence-corrected chi connectivity index (χ1v) is 12.4. The summed E-state index contributed by atoms with van der Waals surface area (Å²) in [7, 11) is 1.11. The molecule has 8 heteroatoms. The van der Waals surface area contributed by atoms with Gasteiger partial charge >= 0.3 is 6.11 Å². The molecule has 4 rings (SSSR count). The van der Waals surface area contributed by atoms with Crippen LogP contribution in [0.4, 0.5) is 26.3 Å². The van der Waals surface area contributed by atoms with Crippen molar-refractivity contribution in [1.29, 1.82) is 0 Å². The molecule has 3 aromatic rings. The first-order valence-electron chi connectivity index (χ1n) is 12.4. The maximum absolute atomic E-state index is 14.9. The summed E-state index contributed by atoms with van der Waals surface area (Å²) < 4.78 is 97.1. The lowest BCUT2D eigenvalue weighted by Crippen LogP contribution is -2.24. The maximum Gasteiger partial charge on any atom is 0.429 e. The standard InChI is InChI=1S/C30H28F6O2/c1-3-4-5-18-6-8-19(9-7-18)20-10-12-21(13-11-20)38-30(35,36)24-16-14-22(26(31)28(24)33)23-15-17-25(37-2)29(34)27(23)32/h3-4,10-19H,5-9H2,1-2H3. The lowest BCUT2D eigenvalue weighted by molar-refractivity contribution is -0.187. The van der Waals surface area contributed by atoms with Crippen LogP contribution in [-0.2, 0) is 6.11 Å². The van der Waals surface area contributed by atoms with E-state index in [4.69, 9.17) is 4.74 Å². The molecule has 1 aliphatic rings. The zero-order valence-corrected chi connectivity index (χ0v) is 21.0. The SMILES string of the molecule is CC=CCC1CCC(c2ccc(OC(F)(F)c3ccc(-c4ccc(OC)c(F)c4F)c(F)c3F)cc2)CC1. The third-order valence-corrected chi connectivity index (χ3v) is 7.10. The molecule has 1 saturated carbocycles. The molecule has 202 valence electrons. The summed E-state index contributed by atoms with van der Waals surface area (Å²) in [6, 6.07) is 9.53. The second-order valence-electron chi connectivity index (χ2n) is 9.44. The van der Waals surface area contributed by atoms with Gasteiger partial charge in [0.05, 0.1) is 7.11 Å². The average Bonchev–Trinajstić information content (AvgIpc) is 2.91. The van der Waals surface area contributed by atoms with Gasteiger partial charge in [-0.15, -0.1) is 0 Å². The number of halogens is 6. The van der Waals surface area contributed by atoms with Crippen molar-refractivity contribution in [3.63, 3.8) is 0 Å². The largest absolute Gasteiger partial charge is 0.494 e. The van der Waals surface area contributed by atoms with Crippen molar-refractivity contribution in [2.24, 2.45) is 5.92 Å². The number of rotatable bonds is 8. The fourth-order valence-electron chi connectivity index (χ4n) is 4.95. The van der Waals surface area contributed by atoms with Crippen molar-refractivity contribution >= 4 is 0 Å². The molecule has 38 heavy (non-hydrogen) atoms. The molecule has 0 heterocycles. The van der Waals surface area contributed by atoms with Crippen LogP contribution in [0.15, 0.2) is 60.7 Å². The van der Waals surface area contributed by atoms with E-state index in [1.807, 2.05) is 6.92 Å². The first kappa shape index (κ1) is 27.6. The molecular formula is C30H28F6O2. The van der Waals surface area contributed by atoms with Crippen LogP contribution in [0.25, 0.3) is 11.1 Å². The Kier molecular flexibility index (Phi) is 8.38. The Morgan fingerprint density at radius 1 is 0.789 bits per heavy atom. The molecule has 0 N–H and O–H groups in total. The summed E-state index contributed by atoms with van der Waals surface area (Å²) in [5.41, 5.74) is -1.70. The molecule has 3 aromatic carbocycles. The molecule has 1 fully saturated rings. The van der Waals surface area contributed by atoms with Crippen molar-refractivity contribution < 1.29 is 35.8 Å². The topological polar surface area (TPSA) is 18.5 Å². The van der Waals surface area contributed by atoms with Crippen LogP contribution < -0.4 is 9.47 Å². The minimum absolute atomic E-state index is 0.215. The Bertz CT molecular complexity index is 1300. The molecule has 0 unspecified atom stereocenters. The number of hydrogen-bond donors (Lipinski definition) is 0. The Morgan fingerprint density at radius 2 is 1.39 bits per heavy atom. The molecular weight excluding hydrogens is 506 g/mol. The predicted octanol–water partition coefficient (Wildman–Crippen LogP) is 9.29. The van der Waals surface area contributed by atoms with E-state index >= 15 is 0 Å². The summed E-state index contributed by atoms with van der Waals surface area (Å²) in [6.45, 7) is 2.00. The summed E-state index contributed by atoms with van der Waals surface area (Å²) in [5.74, 6) is -6.25. The Balaban J connectivity index is 1.49. The van der Waals surface area contributed by atoms with E-state index in [2.05, 4.69) is 16.9 Å². The van der Waals surface area contributed by atoms with Gasteiger partial charge in [-0.2, -0.15) is 13.2 Å². The van der Waals surface area contributed by atoms with E-state index in [-0.39, 0.29) is 5.75 Å². The lowest BCUT2D eigenvalue weighted by atomic mass is 9.77. The van der Waals surface area contributed by atoms with Crippen LogP contribution in [-0.4, -0.2) is 7.11 Å². The van der Waals surface area contributed by atoms with Crippen LogP contribution in [0, 0.1) is 29.2 Å². The summed E-state index contributed by atoms with van der Waals surface area (Å²) >= 11 is 0. The van der Waals surface area contributed by atoms with E-state index in [0.29, 0.717) is 17.9 Å². The monoisotopic (exact) mass is 534 g/mol. The second kappa shape index (κ2) is 11.5. The molecule has 0 radical (unpaired) electrons. The fraction of sp³-hybridized carbons (Fsp3) is 0.333. The molecule has 0 atom stereocenters. The molecule has 0 spiro atoms. The Hall–Kier alpha value is -3.42. The van der Waals surface area contributed by atoms with Crippen molar-refractivity contribution in [3.8, 4) is 22.6 Å². The number of allylic oxidation sites excluding steroid dienone is 2. The molecule has 2 nitrogen and oxygen atoms in total. The third-order valence-electron chi connectivity index (χ3n) is 7.10.